The molecule has 0 aromatic rings. The Kier molecular flexibility index (Phi) is 2.17. The summed E-state index contributed by atoms with van der Waals surface area (Å²) in [7, 11) is 0. The van der Waals surface area contributed by atoms with Crippen LogP contribution in [0.25, 0.3) is 0 Å². The van der Waals surface area contributed by atoms with Gasteiger partial charge in [0.2, 0.25) is 0 Å². The molecule has 1 nitrogen and oxygen atoms in total. The van der Waals surface area contributed by atoms with Crippen LogP contribution >= 0.6 is 11.6 Å². The lowest BCUT2D eigenvalue weighted by molar-refractivity contribution is 1.22. The zero-order chi connectivity index (χ0) is 7.56. The first-order valence-corrected chi connectivity index (χ1v) is 3.57. The minimum Gasteiger partial charge on any atom is -0.398 e. The second-order valence-corrected chi connectivity index (χ2v) is 2.81. The van der Waals surface area contributed by atoms with E-state index >= 15 is 0 Å². The molecule has 10 heavy (non-hydrogen) atoms. The third-order valence-electron chi connectivity index (χ3n) is 1.39. The third-order valence-corrected chi connectivity index (χ3v) is 1.71. The van der Waals surface area contributed by atoms with Crippen LogP contribution in [0.15, 0.2) is 34.5 Å². The van der Waals surface area contributed by atoms with Crippen LogP contribution in [0.5, 0.6) is 0 Å². The van der Waals surface area contributed by atoms with Gasteiger partial charge in [0.25, 0.3) is 0 Å². The second kappa shape index (κ2) is 2.93. The van der Waals surface area contributed by atoms with Gasteiger partial charge < -0.3 is 5.73 Å². The molecular formula is C8H10ClN. The predicted molar refractivity (Wildman–Crippen MR) is 44.6 cm³/mol. The Hall–Kier alpha value is -0.690. The lowest BCUT2D eigenvalue weighted by Crippen LogP contribution is -1.93. The van der Waals surface area contributed by atoms with E-state index in [0.29, 0.717) is 10.7 Å². The summed E-state index contributed by atoms with van der Waals surface area (Å²) in [6, 6.07) is 0. The van der Waals surface area contributed by atoms with Crippen LogP contribution in [0.2, 0.25) is 0 Å². The first-order valence-electron chi connectivity index (χ1n) is 3.19. The van der Waals surface area contributed by atoms with E-state index in [2.05, 4.69) is 0 Å². The van der Waals surface area contributed by atoms with E-state index in [1.807, 2.05) is 25.2 Å². The number of hydrogen-bond donors (Lipinski definition) is 1. The minimum atomic E-state index is 0.645. The number of nitrogens with two attached hydrogens (primary N) is 1. The van der Waals surface area contributed by atoms with Gasteiger partial charge in [0.15, 0.2) is 0 Å². The van der Waals surface area contributed by atoms with Gasteiger partial charge in [0.05, 0.1) is 5.03 Å². The molecule has 0 atom stereocenters. The number of hydrogen-bond acceptors (Lipinski definition) is 1. The fourth-order valence-corrected chi connectivity index (χ4v) is 1.06. The monoisotopic (exact) mass is 155 g/mol. The van der Waals surface area contributed by atoms with Crippen LogP contribution in [0.4, 0.5) is 0 Å². The highest BCUT2D eigenvalue weighted by atomic mass is 35.5. The summed E-state index contributed by atoms with van der Waals surface area (Å²) in [6.07, 6.45) is 6.69. The first kappa shape index (κ1) is 7.42. The smallest absolute Gasteiger partial charge is 0.0634 e. The van der Waals surface area contributed by atoms with Gasteiger partial charge in [-0.1, -0.05) is 23.3 Å². The third kappa shape index (κ3) is 1.64. The summed E-state index contributed by atoms with van der Waals surface area (Å²) in [6.45, 7) is 2.03. The summed E-state index contributed by atoms with van der Waals surface area (Å²) < 4.78 is 0. The molecule has 1 aliphatic rings. The Balaban J connectivity index is 2.98. The van der Waals surface area contributed by atoms with Gasteiger partial charge in [-0.3, -0.25) is 0 Å². The van der Waals surface area contributed by atoms with Crippen molar-refractivity contribution in [3.63, 3.8) is 0 Å². The molecule has 0 unspecified atom stereocenters. The zero-order valence-electron chi connectivity index (χ0n) is 5.89. The highest BCUT2D eigenvalue weighted by molar-refractivity contribution is 6.31. The molecule has 0 heterocycles. The minimum absolute atomic E-state index is 0.645. The topological polar surface area (TPSA) is 26.0 Å². The van der Waals surface area contributed by atoms with E-state index in [9.17, 15) is 0 Å². The molecule has 0 spiro atoms. The highest BCUT2D eigenvalue weighted by Crippen LogP contribution is 2.16. The molecule has 0 aromatic carbocycles. The van der Waals surface area contributed by atoms with Gasteiger partial charge in [0.1, 0.15) is 0 Å². The molecule has 54 valence electrons. The van der Waals surface area contributed by atoms with Gasteiger partial charge in [-0.25, -0.2) is 0 Å². The van der Waals surface area contributed by atoms with Gasteiger partial charge in [-0.05, 0) is 25.5 Å². The molecule has 1 rings (SSSR count). The number of halogens is 1. The molecule has 0 aliphatic heterocycles. The van der Waals surface area contributed by atoms with Crippen molar-refractivity contribution in [2.45, 2.75) is 13.3 Å². The molecule has 0 saturated heterocycles. The highest BCUT2D eigenvalue weighted by Gasteiger charge is 1.98. The SMILES string of the molecule is CC1=CC(Cl)=C(N)C=CC1. The fraction of sp³-hybridized carbons (Fsp3) is 0.250. The van der Waals surface area contributed by atoms with Crippen molar-refractivity contribution in [1.29, 1.82) is 0 Å². The van der Waals surface area contributed by atoms with Crippen LogP contribution < -0.4 is 5.73 Å². The average molecular weight is 156 g/mol. The molecule has 1 aliphatic carbocycles. The van der Waals surface area contributed by atoms with E-state index in [-0.39, 0.29) is 0 Å². The van der Waals surface area contributed by atoms with Crippen molar-refractivity contribution in [3.8, 4) is 0 Å². The maximum atomic E-state index is 5.79. The Morgan fingerprint density at radius 2 is 2.30 bits per heavy atom. The normalized spacial score (nSPS) is 18.8. The van der Waals surface area contributed by atoms with E-state index in [1.165, 1.54) is 5.57 Å². The summed E-state index contributed by atoms with van der Waals surface area (Å²) in [5, 5.41) is 0.645. The van der Waals surface area contributed by atoms with Crippen molar-refractivity contribution in [3.05, 3.63) is 34.5 Å². The number of rotatable bonds is 0. The molecule has 0 radical (unpaired) electrons. The summed E-state index contributed by atoms with van der Waals surface area (Å²) in [5.41, 5.74) is 7.45. The second-order valence-electron chi connectivity index (χ2n) is 2.40. The maximum absolute atomic E-state index is 5.79. The van der Waals surface area contributed by atoms with Crippen molar-refractivity contribution in [2.75, 3.05) is 0 Å². The van der Waals surface area contributed by atoms with Crippen molar-refractivity contribution in [1.82, 2.24) is 0 Å². The Morgan fingerprint density at radius 1 is 1.60 bits per heavy atom. The summed E-state index contributed by atoms with van der Waals surface area (Å²) in [4.78, 5) is 0. The zero-order valence-corrected chi connectivity index (χ0v) is 6.65. The Bertz CT molecular complexity index is 223. The molecular weight excluding hydrogens is 146 g/mol. The lowest BCUT2D eigenvalue weighted by Gasteiger charge is -1.92. The molecule has 0 amide bonds. The summed E-state index contributed by atoms with van der Waals surface area (Å²) >= 11 is 5.79. The quantitative estimate of drug-likeness (QED) is 0.571. The van der Waals surface area contributed by atoms with Crippen molar-refractivity contribution in [2.24, 2.45) is 5.73 Å². The van der Waals surface area contributed by atoms with Crippen LogP contribution in [0.1, 0.15) is 13.3 Å². The van der Waals surface area contributed by atoms with Crippen molar-refractivity contribution < 1.29 is 0 Å². The van der Waals surface area contributed by atoms with Gasteiger partial charge in [-0.2, -0.15) is 0 Å². The van der Waals surface area contributed by atoms with Gasteiger partial charge >= 0.3 is 0 Å². The molecule has 0 aromatic heterocycles. The standard InChI is InChI=1S/C8H10ClN/c1-6-3-2-4-8(10)7(9)5-6/h2,4-5H,3,10H2,1H3. The van der Waals surface area contributed by atoms with Gasteiger partial charge in [-0.15, -0.1) is 0 Å². The molecule has 0 saturated carbocycles. The molecule has 0 fully saturated rings. The Labute approximate surface area is 65.9 Å². The molecule has 2 heteroatoms. The predicted octanol–water partition coefficient (Wildman–Crippen LogP) is 2.30. The Morgan fingerprint density at radius 3 is 3.00 bits per heavy atom. The number of allylic oxidation sites excluding steroid dienone is 5. The van der Waals surface area contributed by atoms with E-state index < -0.39 is 0 Å². The van der Waals surface area contributed by atoms with Gasteiger partial charge in [0, 0.05) is 5.70 Å². The van der Waals surface area contributed by atoms with E-state index in [1.54, 1.807) is 0 Å². The average Bonchev–Trinajstić information content (AvgIpc) is 1.96. The van der Waals surface area contributed by atoms with Crippen molar-refractivity contribution >= 4 is 11.6 Å². The van der Waals surface area contributed by atoms with E-state index in [4.69, 9.17) is 17.3 Å². The van der Waals surface area contributed by atoms with Crippen LogP contribution in [-0.4, -0.2) is 0 Å². The first-order chi connectivity index (χ1) is 4.70. The fourth-order valence-electron chi connectivity index (χ4n) is 0.810. The largest absolute Gasteiger partial charge is 0.398 e. The van der Waals surface area contributed by atoms with Crippen LogP contribution in [0.3, 0.4) is 0 Å². The van der Waals surface area contributed by atoms with E-state index in [0.717, 1.165) is 6.42 Å². The maximum Gasteiger partial charge on any atom is 0.0634 e. The van der Waals surface area contributed by atoms with Crippen LogP contribution in [-0.2, 0) is 0 Å². The summed E-state index contributed by atoms with van der Waals surface area (Å²) in [5.74, 6) is 0. The lowest BCUT2D eigenvalue weighted by atomic mass is 10.2. The molecule has 0 bridgehead atoms. The van der Waals surface area contributed by atoms with Crippen LogP contribution in [0, 0.1) is 0 Å². The molecule has 2 N–H and O–H groups in total.